The third-order valence-corrected chi connectivity index (χ3v) is 5.79. The van der Waals surface area contributed by atoms with Gasteiger partial charge in [0.1, 0.15) is 11.5 Å². The lowest BCUT2D eigenvalue weighted by atomic mass is 10.0. The first kappa shape index (κ1) is 23.5. The predicted molar refractivity (Wildman–Crippen MR) is 130 cm³/mol. The van der Waals surface area contributed by atoms with Gasteiger partial charge < -0.3 is 21.8 Å². The fourth-order valence-corrected chi connectivity index (χ4v) is 4.15. The van der Waals surface area contributed by atoms with Gasteiger partial charge in [-0.25, -0.2) is 14.6 Å². The number of likely N-dealkylation sites (tertiary alicyclic amines) is 1. The van der Waals surface area contributed by atoms with Crippen molar-refractivity contribution in [1.29, 1.82) is 0 Å². The van der Waals surface area contributed by atoms with Crippen LogP contribution in [0.25, 0.3) is 11.3 Å². The predicted octanol–water partition coefficient (Wildman–Crippen LogP) is 2.09. The fourth-order valence-electron chi connectivity index (χ4n) is 4.15. The van der Waals surface area contributed by atoms with Gasteiger partial charge in [0.15, 0.2) is 11.5 Å². The SMILES string of the molecule is CC#CC(=O)N1CCCC[C@H]1c1nc(-c2ccc(C(=O)Nc3ccccn3)cc2)c(C(N)=O)n1N. The van der Waals surface area contributed by atoms with Crippen LogP contribution in [0.15, 0.2) is 48.7 Å². The van der Waals surface area contributed by atoms with Gasteiger partial charge >= 0.3 is 0 Å². The van der Waals surface area contributed by atoms with E-state index in [1.54, 1.807) is 60.5 Å². The minimum absolute atomic E-state index is 0.0187. The average molecular weight is 472 g/mol. The number of nitrogen functional groups attached to an aromatic ring is 1. The van der Waals surface area contributed by atoms with Crippen molar-refractivity contribution in [3.8, 4) is 23.1 Å². The highest BCUT2D eigenvalue weighted by molar-refractivity contribution is 6.04. The van der Waals surface area contributed by atoms with E-state index in [1.807, 2.05) is 0 Å². The fraction of sp³-hybridized carbons (Fsp3) is 0.240. The van der Waals surface area contributed by atoms with Gasteiger partial charge in [0.05, 0.1) is 6.04 Å². The maximum absolute atomic E-state index is 12.6. The molecule has 4 rings (SSSR count). The minimum atomic E-state index is -0.750. The van der Waals surface area contributed by atoms with Crippen molar-refractivity contribution in [2.24, 2.45) is 5.73 Å². The van der Waals surface area contributed by atoms with Crippen molar-refractivity contribution in [2.75, 3.05) is 17.7 Å². The summed E-state index contributed by atoms with van der Waals surface area (Å²) < 4.78 is 1.16. The zero-order chi connectivity index (χ0) is 24.9. The standard InChI is InChI=1S/C25H25N7O3/c1-2-7-20(33)31-15-6-4-8-18(31)24-30-21(22(23(26)34)32(24)27)16-10-12-17(13-11-16)25(35)29-19-9-3-5-14-28-19/h3,5,9-14,18H,4,6,8,15,27H2,1H3,(H2,26,34)(H,28,29,35)/t18-/m0/s1. The molecule has 10 heteroatoms. The number of hydrogen-bond donors (Lipinski definition) is 3. The summed E-state index contributed by atoms with van der Waals surface area (Å²) in [6.45, 7) is 2.12. The number of nitrogens with zero attached hydrogens (tertiary/aromatic N) is 4. The van der Waals surface area contributed by atoms with E-state index in [9.17, 15) is 14.4 Å². The van der Waals surface area contributed by atoms with Gasteiger partial charge in [-0.1, -0.05) is 24.1 Å². The molecule has 10 nitrogen and oxygen atoms in total. The number of imidazole rings is 1. The first-order valence-corrected chi connectivity index (χ1v) is 11.1. The molecule has 0 saturated carbocycles. The molecule has 0 bridgehead atoms. The lowest BCUT2D eigenvalue weighted by molar-refractivity contribution is -0.129. The Morgan fingerprint density at radius 3 is 2.54 bits per heavy atom. The van der Waals surface area contributed by atoms with E-state index >= 15 is 0 Å². The lowest BCUT2D eigenvalue weighted by Gasteiger charge is -2.33. The summed E-state index contributed by atoms with van der Waals surface area (Å²) in [5.41, 5.74) is 6.90. The van der Waals surface area contributed by atoms with E-state index in [2.05, 4.69) is 27.1 Å². The van der Waals surface area contributed by atoms with E-state index < -0.39 is 11.9 Å². The molecule has 1 aliphatic heterocycles. The number of aromatic nitrogens is 3. The van der Waals surface area contributed by atoms with E-state index in [4.69, 9.17) is 11.6 Å². The molecule has 1 fully saturated rings. The first-order valence-electron chi connectivity index (χ1n) is 11.1. The van der Waals surface area contributed by atoms with Gasteiger partial charge in [-0.15, -0.1) is 0 Å². The van der Waals surface area contributed by atoms with Crippen LogP contribution in [0.2, 0.25) is 0 Å². The third-order valence-electron chi connectivity index (χ3n) is 5.79. The minimum Gasteiger partial charge on any atom is -0.364 e. The Kier molecular flexibility index (Phi) is 6.78. The third kappa shape index (κ3) is 4.84. The number of carbonyl (C=O) groups excluding carboxylic acids is 3. The van der Waals surface area contributed by atoms with Crippen molar-refractivity contribution in [1.82, 2.24) is 19.5 Å². The highest BCUT2D eigenvalue weighted by Crippen LogP contribution is 2.33. The van der Waals surface area contributed by atoms with Crippen molar-refractivity contribution in [2.45, 2.75) is 32.2 Å². The molecule has 178 valence electrons. The van der Waals surface area contributed by atoms with Crippen LogP contribution in [0.1, 0.15) is 58.9 Å². The van der Waals surface area contributed by atoms with Crippen LogP contribution in [0, 0.1) is 11.8 Å². The zero-order valence-electron chi connectivity index (χ0n) is 19.2. The second-order valence-corrected chi connectivity index (χ2v) is 8.03. The number of rotatable bonds is 5. The van der Waals surface area contributed by atoms with Crippen LogP contribution in [0.5, 0.6) is 0 Å². The number of primary amides is 1. The summed E-state index contributed by atoms with van der Waals surface area (Å²) in [6, 6.07) is 11.3. The molecule has 35 heavy (non-hydrogen) atoms. The van der Waals surface area contributed by atoms with E-state index in [1.165, 1.54) is 0 Å². The maximum Gasteiger partial charge on any atom is 0.299 e. The molecule has 5 N–H and O–H groups in total. The summed E-state index contributed by atoms with van der Waals surface area (Å²) in [4.78, 5) is 47.8. The lowest BCUT2D eigenvalue weighted by Crippen LogP contribution is -2.40. The number of hydrogen-bond acceptors (Lipinski definition) is 6. The number of carbonyl (C=O) groups is 3. The van der Waals surface area contributed by atoms with Crippen molar-refractivity contribution >= 4 is 23.5 Å². The summed E-state index contributed by atoms with van der Waals surface area (Å²) in [5, 5.41) is 2.72. The van der Waals surface area contributed by atoms with Gasteiger partial charge in [0.25, 0.3) is 17.7 Å². The summed E-state index contributed by atoms with van der Waals surface area (Å²) in [6.07, 6.45) is 3.94. The Hall–Kier alpha value is -4.65. The smallest absolute Gasteiger partial charge is 0.299 e. The highest BCUT2D eigenvalue weighted by atomic mass is 16.2. The second-order valence-electron chi connectivity index (χ2n) is 8.03. The molecule has 2 aromatic heterocycles. The van der Waals surface area contributed by atoms with Crippen LogP contribution in [0.4, 0.5) is 5.82 Å². The molecule has 3 amide bonds. The van der Waals surface area contributed by atoms with Crippen LogP contribution in [-0.2, 0) is 4.79 Å². The Morgan fingerprint density at radius 2 is 1.89 bits per heavy atom. The molecule has 1 aromatic carbocycles. The number of nitrogens with one attached hydrogen (secondary N) is 1. The molecular formula is C25H25N7O3. The number of benzene rings is 1. The van der Waals surface area contributed by atoms with Crippen LogP contribution < -0.4 is 16.9 Å². The molecule has 1 aliphatic rings. The molecular weight excluding hydrogens is 446 g/mol. The summed E-state index contributed by atoms with van der Waals surface area (Å²) >= 11 is 0. The Morgan fingerprint density at radius 1 is 1.11 bits per heavy atom. The van der Waals surface area contributed by atoms with E-state index in [0.717, 1.165) is 17.5 Å². The van der Waals surface area contributed by atoms with Gasteiger partial charge in [-0.05, 0) is 56.4 Å². The number of pyridine rings is 1. The molecule has 0 aliphatic carbocycles. The normalized spacial score (nSPS) is 15.1. The molecule has 0 radical (unpaired) electrons. The van der Waals surface area contributed by atoms with E-state index in [-0.39, 0.29) is 23.2 Å². The first-order chi connectivity index (χ1) is 16.9. The topological polar surface area (TPSA) is 149 Å². The molecule has 0 spiro atoms. The summed E-state index contributed by atoms with van der Waals surface area (Å²) in [5.74, 6) is 10.9. The van der Waals surface area contributed by atoms with Crippen molar-refractivity contribution in [3.05, 3.63) is 65.7 Å². The van der Waals surface area contributed by atoms with Gasteiger partial charge in [-0.3, -0.25) is 14.4 Å². The Bertz CT molecular complexity index is 1320. The van der Waals surface area contributed by atoms with Crippen molar-refractivity contribution in [3.63, 3.8) is 0 Å². The molecule has 3 aromatic rings. The Labute approximate surface area is 202 Å². The molecule has 1 saturated heterocycles. The monoisotopic (exact) mass is 471 g/mol. The highest BCUT2D eigenvalue weighted by Gasteiger charge is 2.33. The molecule has 0 unspecified atom stereocenters. The van der Waals surface area contributed by atoms with Crippen molar-refractivity contribution < 1.29 is 14.4 Å². The largest absolute Gasteiger partial charge is 0.364 e. The average Bonchev–Trinajstić information content (AvgIpc) is 3.22. The summed E-state index contributed by atoms with van der Waals surface area (Å²) in [7, 11) is 0. The van der Waals surface area contributed by atoms with Gasteiger partial charge in [0.2, 0.25) is 0 Å². The van der Waals surface area contributed by atoms with Crippen LogP contribution in [0.3, 0.4) is 0 Å². The number of anilines is 1. The van der Waals surface area contributed by atoms with Gasteiger partial charge in [0, 0.05) is 23.9 Å². The van der Waals surface area contributed by atoms with Crippen LogP contribution >= 0.6 is 0 Å². The Balaban J connectivity index is 1.66. The van der Waals surface area contributed by atoms with Gasteiger partial charge in [-0.2, -0.15) is 0 Å². The number of piperidine rings is 1. The molecule has 3 heterocycles. The number of nitrogens with two attached hydrogens (primary N) is 2. The second kappa shape index (κ2) is 10.1. The van der Waals surface area contributed by atoms with Crippen LogP contribution in [-0.4, -0.2) is 43.8 Å². The maximum atomic E-state index is 12.6. The number of amides is 3. The molecule has 1 atom stereocenters. The zero-order valence-corrected chi connectivity index (χ0v) is 19.2. The van der Waals surface area contributed by atoms with E-state index in [0.29, 0.717) is 35.7 Å². The quantitative estimate of drug-likeness (QED) is 0.383.